The highest BCUT2D eigenvalue weighted by Crippen LogP contribution is 2.38. The largest absolute Gasteiger partial charge is 0.483 e. The third-order valence-corrected chi connectivity index (χ3v) is 3.44. The molecule has 6 nitrogen and oxygen atoms in total. The Kier molecular flexibility index (Phi) is 5.27. The van der Waals surface area contributed by atoms with Crippen LogP contribution < -0.4 is 19.9 Å². The van der Waals surface area contributed by atoms with Crippen molar-refractivity contribution in [3.63, 3.8) is 0 Å². The molecule has 0 aliphatic carbocycles. The predicted molar refractivity (Wildman–Crippen MR) is 78.7 cm³/mol. The molecule has 2 N–H and O–H groups in total. The van der Waals surface area contributed by atoms with E-state index in [2.05, 4.69) is 0 Å². The Labute approximate surface area is 124 Å². The number of hydrogen-bond acceptors (Lipinski definition) is 5. The molecule has 0 unspecified atom stereocenters. The van der Waals surface area contributed by atoms with E-state index in [4.69, 9.17) is 19.9 Å². The lowest BCUT2D eigenvalue weighted by atomic mass is 10.1. The van der Waals surface area contributed by atoms with Gasteiger partial charge in [-0.15, -0.1) is 0 Å². The molecule has 0 aromatic heterocycles. The van der Waals surface area contributed by atoms with Gasteiger partial charge in [0.05, 0.1) is 0 Å². The third-order valence-electron chi connectivity index (χ3n) is 3.44. The van der Waals surface area contributed by atoms with Gasteiger partial charge in [-0.3, -0.25) is 4.79 Å². The van der Waals surface area contributed by atoms with Crippen LogP contribution in [0.4, 0.5) is 0 Å². The number of carbonyl (C=O) groups is 1. The number of nitrogens with two attached hydrogens (primary N) is 1. The van der Waals surface area contributed by atoms with Crippen LogP contribution in [0.2, 0.25) is 0 Å². The summed E-state index contributed by atoms with van der Waals surface area (Å²) in [5, 5.41) is 0. The first kappa shape index (κ1) is 15.4. The van der Waals surface area contributed by atoms with Crippen molar-refractivity contribution >= 4 is 5.91 Å². The summed E-state index contributed by atoms with van der Waals surface area (Å²) in [5.41, 5.74) is 6.54. The molecule has 1 amide bonds. The Bertz CT molecular complexity index is 501. The van der Waals surface area contributed by atoms with Crippen LogP contribution in [0.1, 0.15) is 19.4 Å². The van der Waals surface area contributed by atoms with E-state index >= 15 is 0 Å². The minimum atomic E-state index is -0.0311. The van der Waals surface area contributed by atoms with E-state index in [9.17, 15) is 4.79 Å². The normalized spacial score (nSPS) is 12.3. The summed E-state index contributed by atoms with van der Waals surface area (Å²) in [6.45, 7) is 5.97. The maximum atomic E-state index is 12.0. The van der Waals surface area contributed by atoms with Gasteiger partial charge in [-0.1, -0.05) is 0 Å². The van der Waals surface area contributed by atoms with E-state index in [1.165, 1.54) is 0 Å². The van der Waals surface area contributed by atoms with Crippen molar-refractivity contribution in [2.45, 2.75) is 20.3 Å². The molecule has 21 heavy (non-hydrogen) atoms. The molecule has 0 saturated carbocycles. The van der Waals surface area contributed by atoms with Gasteiger partial charge in [0, 0.05) is 19.2 Å². The number of ether oxygens (including phenoxy) is 3. The average molecular weight is 294 g/mol. The first-order valence-electron chi connectivity index (χ1n) is 7.22. The van der Waals surface area contributed by atoms with Crippen molar-refractivity contribution in [2.24, 2.45) is 5.73 Å². The van der Waals surface area contributed by atoms with E-state index in [1.807, 2.05) is 19.9 Å². The second kappa shape index (κ2) is 7.17. The number of hydrogen-bond donors (Lipinski definition) is 1. The number of benzene rings is 1. The number of carbonyl (C=O) groups excluding carboxylic acids is 1. The van der Waals surface area contributed by atoms with Crippen LogP contribution in [0, 0.1) is 0 Å². The predicted octanol–water partition coefficient (Wildman–Crippen LogP) is 1.16. The van der Waals surface area contributed by atoms with Crippen molar-refractivity contribution in [1.29, 1.82) is 0 Å². The van der Waals surface area contributed by atoms with E-state index in [0.717, 1.165) is 5.56 Å². The zero-order valence-electron chi connectivity index (χ0n) is 12.6. The first-order valence-corrected chi connectivity index (χ1v) is 7.22. The standard InChI is InChI=1S/C15H22N2O4/c1-3-17(4-2)15(18)9-19-12-8-14-13(20-10-21-14)7-11(12)5-6-16/h7-8H,3-6,9-10,16H2,1-2H3. The van der Waals surface area contributed by atoms with Crippen molar-refractivity contribution in [3.05, 3.63) is 17.7 Å². The van der Waals surface area contributed by atoms with Crippen LogP contribution in [-0.2, 0) is 11.2 Å². The Morgan fingerprint density at radius 1 is 1.29 bits per heavy atom. The minimum Gasteiger partial charge on any atom is -0.483 e. The molecular weight excluding hydrogens is 272 g/mol. The van der Waals surface area contributed by atoms with Gasteiger partial charge in [-0.05, 0) is 38.4 Å². The monoisotopic (exact) mass is 294 g/mol. The van der Waals surface area contributed by atoms with E-state index in [1.54, 1.807) is 11.0 Å². The zero-order valence-corrected chi connectivity index (χ0v) is 12.6. The second-order valence-corrected chi connectivity index (χ2v) is 4.71. The molecule has 0 radical (unpaired) electrons. The summed E-state index contributed by atoms with van der Waals surface area (Å²) in [6, 6.07) is 3.63. The number of fused-ring (bicyclic) bond motifs is 1. The number of nitrogens with zero attached hydrogens (tertiary/aromatic N) is 1. The molecule has 0 atom stereocenters. The topological polar surface area (TPSA) is 74.0 Å². The number of likely N-dealkylation sites (N-methyl/N-ethyl adjacent to an activating group) is 1. The molecule has 1 aromatic rings. The summed E-state index contributed by atoms with van der Waals surface area (Å²) in [7, 11) is 0. The lowest BCUT2D eigenvalue weighted by Gasteiger charge is -2.19. The molecule has 0 fully saturated rings. The third kappa shape index (κ3) is 3.58. The molecule has 1 aliphatic heterocycles. The fourth-order valence-corrected chi connectivity index (χ4v) is 2.26. The highest BCUT2D eigenvalue weighted by Gasteiger charge is 2.19. The average Bonchev–Trinajstić information content (AvgIpc) is 2.93. The van der Waals surface area contributed by atoms with Gasteiger partial charge in [0.1, 0.15) is 5.75 Å². The van der Waals surface area contributed by atoms with E-state index < -0.39 is 0 Å². The molecule has 0 bridgehead atoms. The van der Waals surface area contributed by atoms with Crippen LogP contribution in [0.3, 0.4) is 0 Å². The quantitative estimate of drug-likeness (QED) is 0.817. The van der Waals surface area contributed by atoms with E-state index in [0.29, 0.717) is 43.3 Å². The maximum Gasteiger partial charge on any atom is 0.260 e. The van der Waals surface area contributed by atoms with Gasteiger partial charge in [0.2, 0.25) is 6.79 Å². The first-order chi connectivity index (χ1) is 10.2. The Hall–Kier alpha value is -1.95. The van der Waals surface area contributed by atoms with Gasteiger partial charge in [0.25, 0.3) is 5.91 Å². The fourth-order valence-electron chi connectivity index (χ4n) is 2.26. The van der Waals surface area contributed by atoms with Crippen molar-refractivity contribution < 1.29 is 19.0 Å². The van der Waals surface area contributed by atoms with Crippen LogP contribution in [0.5, 0.6) is 17.2 Å². The summed E-state index contributed by atoms with van der Waals surface area (Å²) in [6.07, 6.45) is 0.658. The summed E-state index contributed by atoms with van der Waals surface area (Å²) in [4.78, 5) is 13.7. The van der Waals surface area contributed by atoms with Crippen LogP contribution in [0.15, 0.2) is 12.1 Å². The molecule has 0 spiro atoms. The molecule has 1 aromatic carbocycles. The van der Waals surface area contributed by atoms with Crippen LogP contribution in [0.25, 0.3) is 0 Å². The molecular formula is C15H22N2O4. The molecule has 116 valence electrons. The SMILES string of the molecule is CCN(CC)C(=O)COc1cc2c(cc1CCN)OCO2. The lowest BCUT2D eigenvalue weighted by Crippen LogP contribution is -2.34. The smallest absolute Gasteiger partial charge is 0.260 e. The molecule has 2 rings (SSSR count). The number of rotatable bonds is 7. The van der Waals surface area contributed by atoms with Crippen molar-refractivity contribution in [3.8, 4) is 17.2 Å². The number of amides is 1. The Morgan fingerprint density at radius 2 is 1.95 bits per heavy atom. The highest BCUT2D eigenvalue weighted by molar-refractivity contribution is 5.77. The molecule has 1 heterocycles. The van der Waals surface area contributed by atoms with E-state index in [-0.39, 0.29) is 19.3 Å². The van der Waals surface area contributed by atoms with Crippen LogP contribution >= 0.6 is 0 Å². The minimum absolute atomic E-state index is 0.0128. The lowest BCUT2D eigenvalue weighted by molar-refractivity contribution is -0.132. The van der Waals surface area contributed by atoms with Gasteiger partial charge in [0.15, 0.2) is 18.1 Å². The second-order valence-electron chi connectivity index (χ2n) is 4.71. The fraction of sp³-hybridized carbons (Fsp3) is 0.533. The van der Waals surface area contributed by atoms with Gasteiger partial charge >= 0.3 is 0 Å². The van der Waals surface area contributed by atoms with Crippen molar-refractivity contribution in [1.82, 2.24) is 4.90 Å². The van der Waals surface area contributed by atoms with Crippen LogP contribution in [-0.4, -0.2) is 43.8 Å². The Balaban J connectivity index is 2.09. The Morgan fingerprint density at radius 3 is 2.57 bits per heavy atom. The zero-order chi connectivity index (χ0) is 15.2. The summed E-state index contributed by atoms with van der Waals surface area (Å²) >= 11 is 0. The van der Waals surface area contributed by atoms with Crippen molar-refractivity contribution in [2.75, 3.05) is 33.0 Å². The van der Waals surface area contributed by atoms with Gasteiger partial charge in [-0.2, -0.15) is 0 Å². The van der Waals surface area contributed by atoms with Gasteiger partial charge < -0.3 is 24.8 Å². The molecule has 6 heteroatoms. The summed E-state index contributed by atoms with van der Waals surface area (Å²) < 4.78 is 16.4. The highest BCUT2D eigenvalue weighted by atomic mass is 16.7. The maximum absolute atomic E-state index is 12.0. The van der Waals surface area contributed by atoms with Gasteiger partial charge in [-0.25, -0.2) is 0 Å². The summed E-state index contributed by atoms with van der Waals surface area (Å²) in [5.74, 6) is 1.93. The molecule has 1 aliphatic rings. The molecule has 0 saturated heterocycles.